The molecular weight excluding hydrogens is 248 g/mol. The fraction of sp³-hybridized carbons (Fsp3) is 0.462. The summed E-state index contributed by atoms with van der Waals surface area (Å²) in [5, 5.41) is 21.3. The highest BCUT2D eigenvalue weighted by atomic mass is 16.6. The average Bonchev–Trinajstić information content (AvgIpc) is 2.38. The maximum Gasteiger partial charge on any atom is 0.303 e. The Bertz CT molecular complexity index is 390. The van der Waals surface area contributed by atoms with Crippen molar-refractivity contribution in [2.24, 2.45) is 0 Å². The summed E-state index contributed by atoms with van der Waals surface area (Å²) < 4.78 is 0. The number of aliphatic carboxylic acids is 1. The van der Waals surface area contributed by atoms with E-state index in [1.54, 1.807) is 12.1 Å². The molecule has 0 spiro atoms. The first-order valence-electron chi connectivity index (χ1n) is 6.11. The summed E-state index contributed by atoms with van der Waals surface area (Å²) in [6, 6.07) is 6.50. The second kappa shape index (κ2) is 10.0. The van der Waals surface area contributed by atoms with E-state index in [-0.39, 0.29) is 5.69 Å². The molecule has 1 aromatic rings. The van der Waals surface area contributed by atoms with Crippen molar-refractivity contribution in [1.82, 2.24) is 5.32 Å². The smallest absolute Gasteiger partial charge is 0.303 e. The lowest BCUT2D eigenvalue weighted by Gasteiger charge is -1.97. The summed E-state index contributed by atoms with van der Waals surface area (Å²) in [5.74, 6) is -0.693. The summed E-state index contributed by atoms with van der Waals surface area (Å²) >= 11 is 0. The van der Waals surface area contributed by atoms with Crippen molar-refractivity contribution in [2.45, 2.75) is 32.7 Å². The first-order valence-corrected chi connectivity index (χ1v) is 6.11. The molecular formula is C13H20N2O4. The van der Waals surface area contributed by atoms with Gasteiger partial charge in [0.25, 0.3) is 5.69 Å². The van der Waals surface area contributed by atoms with E-state index in [4.69, 9.17) is 5.11 Å². The normalized spacial score (nSPS) is 9.37. The monoisotopic (exact) mass is 268 g/mol. The van der Waals surface area contributed by atoms with Crippen molar-refractivity contribution in [2.75, 3.05) is 7.05 Å². The molecule has 0 heterocycles. The second-order valence-electron chi connectivity index (χ2n) is 3.95. The highest BCUT2D eigenvalue weighted by molar-refractivity contribution is 5.66. The molecule has 0 saturated heterocycles. The van der Waals surface area contributed by atoms with E-state index in [1.807, 2.05) is 14.0 Å². The van der Waals surface area contributed by atoms with Crippen molar-refractivity contribution in [3.8, 4) is 0 Å². The Morgan fingerprint density at radius 1 is 1.37 bits per heavy atom. The molecule has 0 amide bonds. The van der Waals surface area contributed by atoms with E-state index in [1.165, 1.54) is 12.1 Å². The minimum Gasteiger partial charge on any atom is -0.481 e. The number of rotatable bonds is 6. The number of nitro benzene ring substituents is 1. The predicted molar refractivity (Wildman–Crippen MR) is 73.0 cm³/mol. The zero-order chi connectivity index (χ0) is 14.7. The molecule has 2 N–H and O–H groups in total. The third kappa shape index (κ3) is 8.73. The Labute approximate surface area is 112 Å². The molecule has 106 valence electrons. The lowest BCUT2D eigenvalue weighted by Crippen LogP contribution is -2.04. The Balaban J connectivity index is 0.000000399. The van der Waals surface area contributed by atoms with Crippen LogP contribution in [-0.4, -0.2) is 23.0 Å². The molecule has 6 heteroatoms. The summed E-state index contributed by atoms with van der Waals surface area (Å²) in [6.07, 6.45) is 2.08. The number of carboxylic acids is 1. The zero-order valence-electron chi connectivity index (χ0n) is 11.3. The predicted octanol–water partition coefficient (Wildman–Crippen LogP) is 2.58. The van der Waals surface area contributed by atoms with Crippen LogP contribution >= 0.6 is 0 Å². The van der Waals surface area contributed by atoms with Crippen molar-refractivity contribution in [1.29, 1.82) is 0 Å². The van der Waals surface area contributed by atoms with Gasteiger partial charge >= 0.3 is 5.97 Å². The van der Waals surface area contributed by atoms with E-state index in [0.29, 0.717) is 6.42 Å². The minimum atomic E-state index is -0.693. The van der Waals surface area contributed by atoms with E-state index >= 15 is 0 Å². The van der Waals surface area contributed by atoms with Gasteiger partial charge in [-0.15, -0.1) is 0 Å². The van der Waals surface area contributed by atoms with Gasteiger partial charge in [0, 0.05) is 25.1 Å². The van der Waals surface area contributed by atoms with Crippen LogP contribution in [0.3, 0.4) is 0 Å². The minimum absolute atomic E-state index is 0.134. The maximum absolute atomic E-state index is 10.3. The third-order valence-electron chi connectivity index (χ3n) is 2.27. The van der Waals surface area contributed by atoms with E-state index in [0.717, 1.165) is 24.9 Å². The van der Waals surface area contributed by atoms with Gasteiger partial charge in [-0.3, -0.25) is 14.9 Å². The number of nitrogens with one attached hydrogen (secondary N) is 1. The highest BCUT2D eigenvalue weighted by Crippen LogP contribution is 2.11. The van der Waals surface area contributed by atoms with Gasteiger partial charge in [-0.2, -0.15) is 0 Å². The molecule has 1 rings (SSSR count). The van der Waals surface area contributed by atoms with Gasteiger partial charge in [-0.05, 0) is 19.0 Å². The van der Waals surface area contributed by atoms with Crippen LogP contribution in [0.5, 0.6) is 0 Å². The summed E-state index contributed by atoms with van der Waals surface area (Å²) in [4.78, 5) is 19.6. The van der Waals surface area contributed by atoms with Crippen molar-refractivity contribution < 1.29 is 14.8 Å². The van der Waals surface area contributed by atoms with Crippen LogP contribution in [0.4, 0.5) is 5.69 Å². The molecule has 0 fully saturated rings. The van der Waals surface area contributed by atoms with Gasteiger partial charge in [0.2, 0.25) is 0 Å². The first kappa shape index (κ1) is 17.1. The van der Waals surface area contributed by atoms with Crippen LogP contribution in [0, 0.1) is 10.1 Å². The third-order valence-corrected chi connectivity index (χ3v) is 2.27. The molecule has 0 saturated carbocycles. The molecule has 0 bridgehead atoms. The van der Waals surface area contributed by atoms with Gasteiger partial charge in [-0.1, -0.05) is 25.5 Å². The van der Waals surface area contributed by atoms with Crippen molar-refractivity contribution in [3.05, 3.63) is 39.9 Å². The van der Waals surface area contributed by atoms with Gasteiger partial charge in [0.05, 0.1) is 4.92 Å². The molecule has 6 nitrogen and oxygen atoms in total. The Kier molecular flexibility index (Phi) is 8.99. The zero-order valence-corrected chi connectivity index (χ0v) is 11.3. The summed E-state index contributed by atoms with van der Waals surface area (Å²) in [7, 11) is 1.83. The SMILES string of the molecule is CCCCC(=O)O.CNCc1ccc([N+](=O)[O-])cc1. The molecule has 0 unspecified atom stereocenters. The highest BCUT2D eigenvalue weighted by Gasteiger charge is 2.02. The number of carboxylic acid groups (broad SMARTS) is 1. The van der Waals surface area contributed by atoms with Crippen LogP contribution < -0.4 is 5.32 Å². The molecule has 0 aliphatic heterocycles. The molecule has 0 radical (unpaired) electrons. The largest absolute Gasteiger partial charge is 0.481 e. The number of carbonyl (C=O) groups is 1. The number of benzene rings is 1. The fourth-order valence-corrected chi connectivity index (χ4v) is 1.27. The lowest BCUT2D eigenvalue weighted by atomic mass is 10.2. The standard InChI is InChI=1S/C8H10N2O2.C5H10O2/c1-9-6-7-2-4-8(5-3-7)10(11)12;1-2-3-4-5(6)7/h2-5,9H,6H2,1H3;2-4H2,1H3,(H,6,7). The van der Waals surface area contributed by atoms with Gasteiger partial charge < -0.3 is 10.4 Å². The fourth-order valence-electron chi connectivity index (χ4n) is 1.27. The van der Waals surface area contributed by atoms with Crippen LogP contribution in [-0.2, 0) is 11.3 Å². The second-order valence-corrected chi connectivity index (χ2v) is 3.95. The molecule has 0 aromatic heterocycles. The van der Waals surface area contributed by atoms with Gasteiger partial charge in [0.15, 0.2) is 0 Å². The van der Waals surface area contributed by atoms with Gasteiger partial charge in [-0.25, -0.2) is 0 Å². The molecule has 19 heavy (non-hydrogen) atoms. The number of nitrogens with zero attached hydrogens (tertiary/aromatic N) is 1. The number of hydrogen-bond donors (Lipinski definition) is 2. The van der Waals surface area contributed by atoms with E-state index in [9.17, 15) is 14.9 Å². The lowest BCUT2D eigenvalue weighted by molar-refractivity contribution is -0.384. The van der Waals surface area contributed by atoms with Crippen LogP contribution in [0.25, 0.3) is 0 Å². The molecule has 0 aliphatic carbocycles. The van der Waals surface area contributed by atoms with Crippen LogP contribution in [0.15, 0.2) is 24.3 Å². The molecule has 1 aromatic carbocycles. The molecule has 0 atom stereocenters. The topological polar surface area (TPSA) is 92.5 Å². The number of nitro groups is 1. The molecule has 0 aliphatic rings. The van der Waals surface area contributed by atoms with Crippen LogP contribution in [0.2, 0.25) is 0 Å². The Hall–Kier alpha value is -1.95. The number of hydrogen-bond acceptors (Lipinski definition) is 4. The first-order chi connectivity index (χ1) is 9.01. The van der Waals surface area contributed by atoms with Crippen molar-refractivity contribution >= 4 is 11.7 Å². The average molecular weight is 268 g/mol. The van der Waals surface area contributed by atoms with Gasteiger partial charge in [0.1, 0.15) is 0 Å². The summed E-state index contributed by atoms with van der Waals surface area (Å²) in [6.45, 7) is 2.71. The Morgan fingerprint density at radius 2 is 1.95 bits per heavy atom. The van der Waals surface area contributed by atoms with Crippen LogP contribution in [0.1, 0.15) is 31.7 Å². The number of unbranched alkanes of at least 4 members (excludes halogenated alkanes) is 1. The van der Waals surface area contributed by atoms with E-state index < -0.39 is 10.9 Å². The Morgan fingerprint density at radius 3 is 2.26 bits per heavy atom. The maximum atomic E-state index is 10.3. The quantitative estimate of drug-likeness (QED) is 0.611. The number of non-ortho nitro benzene ring substituents is 1. The summed E-state index contributed by atoms with van der Waals surface area (Å²) in [5.41, 5.74) is 1.18. The van der Waals surface area contributed by atoms with Crippen molar-refractivity contribution in [3.63, 3.8) is 0 Å². The van der Waals surface area contributed by atoms with E-state index in [2.05, 4.69) is 5.32 Å².